The number of nitrogens with two attached hydrogens (primary N) is 2. The van der Waals surface area contributed by atoms with Crippen LogP contribution < -0.4 is 16.2 Å². The van der Waals surface area contributed by atoms with Crippen molar-refractivity contribution in [2.45, 2.75) is 0 Å². The van der Waals surface area contributed by atoms with E-state index in [2.05, 4.69) is 20.3 Å². The molecule has 0 unspecified atom stereocenters. The van der Waals surface area contributed by atoms with Gasteiger partial charge >= 0.3 is 0 Å². The van der Waals surface area contributed by atoms with Crippen molar-refractivity contribution in [3.05, 3.63) is 6.33 Å². The molecule has 9 heteroatoms. The number of primary sulfonamides is 1. The predicted octanol–water partition coefficient (Wildman–Crippen LogP) is -1.85. The molecule has 1 rings (SSSR count). The van der Waals surface area contributed by atoms with Crippen molar-refractivity contribution in [2.75, 3.05) is 23.3 Å². The van der Waals surface area contributed by atoms with E-state index in [4.69, 9.17) is 10.9 Å². The molecule has 1 aromatic rings. The standard InChI is InChI=1S/C5H10N6O2S/c6-4-9-3-10-5(11-4)8-1-2-14(7,12)13/h3H,1-2H2,(H2,7,12,13)(H3,6,8,9,10,11). The number of nitrogen functional groups attached to an aromatic ring is 1. The molecule has 1 heterocycles. The molecule has 0 aliphatic rings. The number of anilines is 2. The second-order valence-electron chi connectivity index (χ2n) is 2.46. The Morgan fingerprint density at radius 1 is 1.43 bits per heavy atom. The van der Waals surface area contributed by atoms with Crippen molar-refractivity contribution in [3.63, 3.8) is 0 Å². The lowest BCUT2D eigenvalue weighted by Gasteiger charge is -2.02. The monoisotopic (exact) mass is 218 g/mol. The fourth-order valence-corrected chi connectivity index (χ4v) is 1.09. The lowest BCUT2D eigenvalue weighted by molar-refractivity contribution is 0.598. The highest BCUT2D eigenvalue weighted by atomic mass is 32.2. The van der Waals surface area contributed by atoms with Gasteiger partial charge in [0.05, 0.1) is 5.75 Å². The number of sulfonamides is 1. The number of nitrogens with one attached hydrogen (secondary N) is 1. The summed E-state index contributed by atoms with van der Waals surface area (Å²) in [5.41, 5.74) is 5.27. The zero-order valence-electron chi connectivity index (χ0n) is 7.21. The van der Waals surface area contributed by atoms with E-state index < -0.39 is 10.0 Å². The third kappa shape index (κ3) is 3.96. The van der Waals surface area contributed by atoms with E-state index in [1.807, 2.05) is 0 Å². The molecule has 0 aliphatic heterocycles. The van der Waals surface area contributed by atoms with E-state index in [0.717, 1.165) is 0 Å². The first kappa shape index (κ1) is 10.6. The number of rotatable bonds is 4. The van der Waals surface area contributed by atoms with Crippen LogP contribution in [0, 0.1) is 0 Å². The van der Waals surface area contributed by atoms with Crippen molar-refractivity contribution in [2.24, 2.45) is 5.14 Å². The van der Waals surface area contributed by atoms with E-state index in [1.54, 1.807) is 0 Å². The summed E-state index contributed by atoms with van der Waals surface area (Å²) >= 11 is 0. The number of hydrogen-bond acceptors (Lipinski definition) is 7. The normalized spacial score (nSPS) is 11.2. The first-order valence-corrected chi connectivity index (χ1v) is 5.38. The second kappa shape index (κ2) is 4.15. The SMILES string of the molecule is Nc1ncnc(NCCS(N)(=O)=O)n1. The van der Waals surface area contributed by atoms with Crippen molar-refractivity contribution in [3.8, 4) is 0 Å². The molecule has 78 valence electrons. The molecule has 0 fully saturated rings. The summed E-state index contributed by atoms with van der Waals surface area (Å²) in [5.74, 6) is 0.0951. The average molecular weight is 218 g/mol. The third-order valence-electron chi connectivity index (χ3n) is 1.26. The smallest absolute Gasteiger partial charge is 0.227 e. The van der Waals surface area contributed by atoms with Gasteiger partial charge in [-0.25, -0.2) is 23.5 Å². The summed E-state index contributed by atoms with van der Waals surface area (Å²) in [6.45, 7) is 0.127. The fraction of sp³-hybridized carbons (Fsp3) is 0.400. The summed E-state index contributed by atoms with van der Waals surface area (Å²) in [6, 6.07) is 0. The number of hydrogen-bond donors (Lipinski definition) is 3. The van der Waals surface area contributed by atoms with Crippen LogP contribution in [0.4, 0.5) is 11.9 Å². The maximum atomic E-state index is 10.5. The molecule has 0 bridgehead atoms. The summed E-state index contributed by atoms with van der Waals surface area (Å²) < 4.78 is 21.1. The van der Waals surface area contributed by atoms with E-state index in [0.29, 0.717) is 0 Å². The predicted molar refractivity (Wildman–Crippen MR) is 50.7 cm³/mol. The Labute approximate surface area is 80.8 Å². The maximum Gasteiger partial charge on any atom is 0.227 e. The molecule has 0 saturated carbocycles. The van der Waals surface area contributed by atoms with Gasteiger partial charge in [-0.3, -0.25) is 0 Å². The minimum absolute atomic E-state index is 0.0677. The molecule has 0 aromatic carbocycles. The Balaban J connectivity index is 2.47. The largest absolute Gasteiger partial charge is 0.368 e. The lowest BCUT2D eigenvalue weighted by Crippen LogP contribution is -2.23. The van der Waals surface area contributed by atoms with Crippen molar-refractivity contribution in [1.29, 1.82) is 0 Å². The van der Waals surface area contributed by atoms with Crippen LogP contribution in [0.15, 0.2) is 6.33 Å². The van der Waals surface area contributed by atoms with Crippen LogP contribution in [0.5, 0.6) is 0 Å². The van der Waals surface area contributed by atoms with E-state index >= 15 is 0 Å². The van der Waals surface area contributed by atoms with Gasteiger partial charge < -0.3 is 11.1 Å². The lowest BCUT2D eigenvalue weighted by atomic mass is 10.7. The van der Waals surface area contributed by atoms with Gasteiger partial charge in [-0.15, -0.1) is 0 Å². The second-order valence-corrected chi connectivity index (χ2v) is 4.20. The molecule has 8 nitrogen and oxygen atoms in total. The minimum Gasteiger partial charge on any atom is -0.368 e. The molecular weight excluding hydrogens is 208 g/mol. The Morgan fingerprint density at radius 3 is 2.71 bits per heavy atom. The highest BCUT2D eigenvalue weighted by molar-refractivity contribution is 7.89. The van der Waals surface area contributed by atoms with E-state index in [9.17, 15) is 8.42 Å². The molecule has 0 spiro atoms. The Morgan fingerprint density at radius 2 is 2.14 bits per heavy atom. The quantitative estimate of drug-likeness (QED) is 0.539. The van der Waals surface area contributed by atoms with Crippen molar-refractivity contribution >= 4 is 21.9 Å². The van der Waals surface area contributed by atoms with E-state index in [1.165, 1.54) is 6.33 Å². The van der Waals surface area contributed by atoms with Crippen LogP contribution in [-0.2, 0) is 10.0 Å². The van der Waals surface area contributed by atoms with Gasteiger partial charge in [0.25, 0.3) is 0 Å². The number of nitrogens with zero attached hydrogens (tertiary/aromatic N) is 3. The van der Waals surface area contributed by atoms with Crippen molar-refractivity contribution < 1.29 is 8.42 Å². The van der Waals surface area contributed by atoms with Gasteiger partial charge in [-0.1, -0.05) is 0 Å². The topological polar surface area (TPSA) is 137 Å². The van der Waals surface area contributed by atoms with Crippen LogP contribution in [0.2, 0.25) is 0 Å². The first-order chi connectivity index (χ1) is 6.47. The van der Waals surface area contributed by atoms with Gasteiger partial charge in [-0.2, -0.15) is 4.98 Å². The molecule has 1 aromatic heterocycles. The van der Waals surface area contributed by atoms with Gasteiger partial charge in [0, 0.05) is 6.54 Å². The highest BCUT2D eigenvalue weighted by Crippen LogP contribution is 1.96. The molecule has 0 amide bonds. The van der Waals surface area contributed by atoms with Gasteiger partial charge in [0.15, 0.2) is 0 Å². The minimum atomic E-state index is -3.47. The Bertz CT molecular complexity index is 404. The molecule has 0 aliphatic carbocycles. The van der Waals surface area contributed by atoms with E-state index in [-0.39, 0.29) is 24.2 Å². The average Bonchev–Trinajstić information content (AvgIpc) is 2.01. The summed E-state index contributed by atoms with van der Waals surface area (Å²) in [6.07, 6.45) is 1.22. The van der Waals surface area contributed by atoms with Crippen LogP contribution >= 0.6 is 0 Å². The van der Waals surface area contributed by atoms with Crippen LogP contribution in [-0.4, -0.2) is 35.7 Å². The zero-order valence-corrected chi connectivity index (χ0v) is 8.03. The van der Waals surface area contributed by atoms with Crippen LogP contribution in [0.25, 0.3) is 0 Å². The molecule has 14 heavy (non-hydrogen) atoms. The van der Waals surface area contributed by atoms with Gasteiger partial charge in [0.1, 0.15) is 6.33 Å². The molecule has 5 N–H and O–H groups in total. The Kier molecular flexibility index (Phi) is 3.14. The number of aromatic nitrogens is 3. The van der Waals surface area contributed by atoms with Crippen LogP contribution in [0.1, 0.15) is 0 Å². The maximum absolute atomic E-state index is 10.5. The summed E-state index contributed by atoms with van der Waals surface area (Å²) in [7, 11) is -3.47. The van der Waals surface area contributed by atoms with Crippen LogP contribution in [0.3, 0.4) is 0 Å². The molecule has 0 saturated heterocycles. The molecule has 0 atom stereocenters. The summed E-state index contributed by atoms with van der Waals surface area (Å²) in [4.78, 5) is 11.0. The first-order valence-electron chi connectivity index (χ1n) is 3.66. The zero-order chi connectivity index (χ0) is 10.6. The fourth-order valence-electron chi connectivity index (χ4n) is 0.699. The summed E-state index contributed by atoms with van der Waals surface area (Å²) in [5, 5.41) is 7.42. The molecular formula is C5H10N6O2S. The third-order valence-corrected chi connectivity index (χ3v) is 2.03. The molecule has 0 radical (unpaired) electrons. The highest BCUT2D eigenvalue weighted by Gasteiger charge is 2.02. The van der Waals surface area contributed by atoms with Gasteiger partial charge in [-0.05, 0) is 0 Å². The Hall–Kier alpha value is -1.48. The van der Waals surface area contributed by atoms with Gasteiger partial charge in [0.2, 0.25) is 21.9 Å². The van der Waals surface area contributed by atoms with Crippen molar-refractivity contribution in [1.82, 2.24) is 15.0 Å².